The van der Waals surface area contributed by atoms with Crippen LogP contribution >= 0.6 is 11.3 Å². The maximum absolute atomic E-state index is 6.37. The first-order valence-corrected chi connectivity index (χ1v) is 19.5. The molecule has 0 aliphatic rings. The molecule has 9 aromatic carbocycles. The number of hydrogen-bond donors (Lipinski definition) is 0. The first kappa shape index (κ1) is 31.6. The lowest BCUT2D eigenvalue weighted by Gasteiger charge is -2.26. The molecule has 0 N–H and O–H groups in total. The van der Waals surface area contributed by atoms with Crippen LogP contribution in [0.15, 0.2) is 205 Å². The van der Waals surface area contributed by atoms with E-state index < -0.39 is 0 Å². The van der Waals surface area contributed by atoms with Crippen LogP contribution in [-0.2, 0) is 0 Å². The van der Waals surface area contributed by atoms with Crippen molar-refractivity contribution in [1.82, 2.24) is 0 Å². The van der Waals surface area contributed by atoms with Crippen LogP contribution in [0.25, 0.3) is 86.3 Å². The molecule has 0 unspecified atom stereocenters. The van der Waals surface area contributed by atoms with E-state index in [4.69, 9.17) is 4.42 Å². The molecule has 2 heterocycles. The fourth-order valence-corrected chi connectivity index (χ4v) is 9.27. The molecular weight excluding hydrogens is 687 g/mol. The van der Waals surface area contributed by atoms with E-state index in [1.54, 1.807) is 0 Å². The number of anilines is 3. The molecule has 0 spiro atoms. The van der Waals surface area contributed by atoms with Gasteiger partial charge in [0, 0.05) is 36.9 Å². The molecule has 0 fully saturated rings. The number of benzene rings is 9. The largest absolute Gasteiger partial charge is 0.456 e. The summed E-state index contributed by atoms with van der Waals surface area (Å²) in [5.74, 6) is 0. The summed E-state index contributed by atoms with van der Waals surface area (Å²) in [6, 6.07) is 72.2. The van der Waals surface area contributed by atoms with Gasteiger partial charge in [-0.2, -0.15) is 0 Å². The Morgan fingerprint density at radius 3 is 1.71 bits per heavy atom. The fraction of sp³-hybridized carbons (Fsp3) is 0. The number of para-hydroxylation sites is 1. The summed E-state index contributed by atoms with van der Waals surface area (Å²) in [4.78, 5) is 2.36. The molecule has 2 nitrogen and oxygen atoms in total. The zero-order valence-corrected chi connectivity index (χ0v) is 30.6. The third-order valence-electron chi connectivity index (χ3n) is 10.9. The average Bonchev–Trinajstić information content (AvgIpc) is 3.83. The molecule has 11 aromatic rings. The molecule has 0 atom stereocenters. The van der Waals surface area contributed by atoms with Gasteiger partial charge in [-0.25, -0.2) is 0 Å². The summed E-state index contributed by atoms with van der Waals surface area (Å²) in [5.41, 5.74) is 12.2. The van der Waals surface area contributed by atoms with Gasteiger partial charge in [-0.1, -0.05) is 133 Å². The predicted octanol–water partition coefficient (Wildman–Crippen LogP) is 15.6. The van der Waals surface area contributed by atoms with E-state index in [1.165, 1.54) is 64.3 Å². The third-order valence-corrected chi connectivity index (χ3v) is 12.0. The molecule has 11 rings (SSSR count). The standard InChI is InChI=1S/C52H33NOS/c1-2-10-37-32-40(20-19-34(37)9-1)39-12-7-11-38(31-39)35-21-26-42(27-22-35)53(47-15-8-17-49-52(47)46-14-3-5-16-48(46)54-49)43-28-23-36(24-29-43)41-25-30-45-44-13-4-6-18-50(44)55-51(45)33-41/h1-33H. The fourth-order valence-electron chi connectivity index (χ4n) is 8.13. The Morgan fingerprint density at radius 2 is 0.909 bits per heavy atom. The zero-order valence-electron chi connectivity index (χ0n) is 29.8. The van der Waals surface area contributed by atoms with Gasteiger partial charge in [0.15, 0.2) is 0 Å². The smallest absolute Gasteiger partial charge is 0.137 e. The number of hydrogen-bond acceptors (Lipinski definition) is 3. The van der Waals surface area contributed by atoms with Gasteiger partial charge in [-0.3, -0.25) is 0 Å². The molecule has 2 aromatic heterocycles. The molecule has 0 bridgehead atoms. The van der Waals surface area contributed by atoms with E-state index in [0.717, 1.165) is 39.0 Å². The molecular formula is C52H33NOS. The van der Waals surface area contributed by atoms with Crippen LogP contribution in [0.5, 0.6) is 0 Å². The molecule has 258 valence electrons. The van der Waals surface area contributed by atoms with Crippen LogP contribution in [-0.4, -0.2) is 0 Å². The summed E-state index contributed by atoms with van der Waals surface area (Å²) in [6.45, 7) is 0. The van der Waals surface area contributed by atoms with Crippen molar-refractivity contribution < 1.29 is 4.42 Å². The van der Waals surface area contributed by atoms with Crippen molar-refractivity contribution >= 4 is 81.3 Å². The second-order valence-electron chi connectivity index (χ2n) is 14.1. The Kier molecular flexibility index (Phi) is 7.39. The predicted molar refractivity (Wildman–Crippen MR) is 235 cm³/mol. The summed E-state index contributed by atoms with van der Waals surface area (Å²) < 4.78 is 9.01. The average molecular weight is 720 g/mol. The highest BCUT2D eigenvalue weighted by Gasteiger charge is 2.20. The highest BCUT2D eigenvalue weighted by Crippen LogP contribution is 2.44. The van der Waals surface area contributed by atoms with Crippen molar-refractivity contribution in [3.63, 3.8) is 0 Å². The lowest BCUT2D eigenvalue weighted by atomic mass is 9.97. The minimum absolute atomic E-state index is 0.874. The summed E-state index contributed by atoms with van der Waals surface area (Å²) in [7, 11) is 0. The van der Waals surface area contributed by atoms with Gasteiger partial charge in [0.2, 0.25) is 0 Å². The molecule has 3 heteroatoms. The summed E-state index contributed by atoms with van der Waals surface area (Å²) >= 11 is 1.86. The van der Waals surface area contributed by atoms with Crippen molar-refractivity contribution in [3.05, 3.63) is 200 Å². The second kappa shape index (κ2) is 12.9. The van der Waals surface area contributed by atoms with Gasteiger partial charge in [-0.15, -0.1) is 11.3 Å². The Hall–Kier alpha value is -6.94. The summed E-state index contributed by atoms with van der Waals surface area (Å²) in [6.07, 6.45) is 0. The van der Waals surface area contributed by atoms with Crippen LogP contribution < -0.4 is 4.90 Å². The van der Waals surface area contributed by atoms with E-state index in [1.807, 2.05) is 23.5 Å². The topological polar surface area (TPSA) is 16.4 Å². The highest BCUT2D eigenvalue weighted by atomic mass is 32.1. The van der Waals surface area contributed by atoms with Crippen molar-refractivity contribution in [2.75, 3.05) is 4.90 Å². The minimum Gasteiger partial charge on any atom is -0.456 e. The maximum Gasteiger partial charge on any atom is 0.137 e. The Bertz CT molecular complexity index is 3210. The molecule has 0 radical (unpaired) electrons. The van der Waals surface area contributed by atoms with Crippen LogP contribution in [0.2, 0.25) is 0 Å². The number of thiophene rings is 1. The van der Waals surface area contributed by atoms with Gasteiger partial charge in [0.25, 0.3) is 0 Å². The van der Waals surface area contributed by atoms with Gasteiger partial charge in [0.05, 0.1) is 11.1 Å². The first-order valence-electron chi connectivity index (χ1n) is 18.7. The first-order chi connectivity index (χ1) is 27.2. The van der Waals surface area contributed by atoms with Gasteiger partial charge < -0.3 is 9.32 Å². The Balaban J connectivity index is 0.994. The van der Waals surface area contributed by atoms with Crippen LogP contribution in [0.1, 0.15) is 0 Å². The van der Waals surface area contributed by atoms with Gasteiger partial charge >= 0.3 is 0 Å². The lowest BCUT2D eigenvalue weighted by Crippen LogP contribution is -2.10. The van der Waals surface area contributed by atoms with Crippen LogP contribution in [0.4, 0.5) is 17.1 Å². The minimum atomic E-state index is 0.874. The van der Waals surface area contributed by atoms with Crippen molar-refractivity contribution in [3.8, 4) is 33.4 Å². The maximum atomic E-state index is 6.37. The van der Waals surface area contributed by atoms with E-state index in [2.05, 4.69) is 193 Å². The molecule has 0 saturated heterocycles. The second-order valence-corrected chi connectivity index (χ2v) is 15.2. The van der Waals surface area contributed by atoms with Gasteiger partial charge in [0.1, 0.15) is 11.2 Å². The number of fused-ring (bicyclic) bond motifs is 7. The quantitative estimate of drug-likeness (QED) is 0.170. The van der Waals surface area contributed by atoms with E-state index >= 15 is 0 Å². The van der Waals surface area contributed by atoms with Crippen LogP contribution in [0, 0.1) is 0 Å². The van der Waals surface area contributed by atoms with Crippen molar-refractivity contribution in [2.24, 2.45) is 0 Å². The van der Waals surface area contributed by atoms with Gasteiger partial charge in [-0.05, 0) is 111 Å². The SMILES string of the molecule is c1cc(-c2ccc(N(c3ccc(-c4ccc5c(c4)sc4ccccc45)cc3)c3cccc4oc5ccccc5c34)cc2)cc(-c2ccc3ccccc3c2)c1. The third kappa shape index (κ3) is 5.48. The molecule has 0 amide bonds. The lowest BCUT2D eigenvalue weighted by molar-refractivity contribution is 0.669. The number of rotatable bonds is 6. The normalized spacial score (nSPS) is 11.6. The summed E-state index contributed by atoms with van der Waals surface area (Å²) in [5, 5.41) is 7.35. The van der Waals surface area contributed by atoms with E-state index in [-0.39, 0.29) is 0 Å². The highest BCUT2D eigenvalue weighted by molar-refractivity contribution is 7.25. The van der Waals surface area contributed by atoms with Crippen molar-refractivity contribution in [1.29, 1.82) is 0 Å². The molecule has 0 aliphatic heterocycles. The van der Waals surface area contributed by atoms with Crippen molar-refractivity contribution in [2.45, 2.75) is 0 Å². The van der Waals surface area contributed by atoms with E-state index in [0.29, 0.717) is 0 Å². The molecule has 0 saturated carbocycles. The van der Waals surface area contributed by atoms with Crippen LogP contribution in [0.3, 0.4) is 0 Å². The zero-order chi connectivity index (χ0) is 36.3. The Labute approximate surface area is 322 Å². The number of nitrogens with zero attached hydrogens (tertiary/aromatic N) is 1. The Morgan fingerprint density at radius 1 is 0.345 bits per heavy atom. The monoisotopic (exact) mass is 719 g/mol. The molecule has 55 heavy (non-hydrogen) atoms. The van der Waals surface area contributed by atoms with E-state index in [9.17, 15) is 0 Å². The molecule has 0 aliphatic carbocycles. The number of furan rings is 1.